The van der Waals surface area contributed by atoms with E-state index in [1.54, 1.807) is 6.07 Å². The van der Waals surface area contributed by atoms with Crippen molar-refractivity contribution < 1.29 is 4.39 Å². The number of likely N-dealkylation sites (tertiary alicyclic amines) is 1. The smallest absolute Gasteiger partial charge is 0.127 e. The number of benzene rings is 1. The fraction of sp³-hybridized carbons (Fsp3) is 0.455. The van der Waals surface area contributed by atoms with E-state index < -0.39 is 0 Å². The summed E-state index contributed by atoms with van der Waals surface area (Å²) in [6.45, 7) is 2.55. The summed E-state index contributed by atoms with van der Waals surface area (Å²) in [6.07, 6.45) is 1.02. The third-order valence-electron chi connectivity index (χ3n) is 2.66. The lowest BCUT2D eigenvalue weighted by Gasteiger charge is -2.15. The topological polar surface area (TPSA) is 29.3 Å². The first-order chi connectivity index (χ1) is 6.75. The Bertz CT molecular complexity index is 323. The van der Waals surface area contributed by atoms with Gasteiger partial charge >= 0.3 is 0 Å². The zero-order chi connectivity index (χ0) is 9.97. The zero-order valence-electron chi connectivity index (χ0n) is 8.93. The fourth-order valence-electron chi connectivity index (χ4n) is 1.87. The molecule has 1 aromatic carbocycles. The summed E-state index contributed by atoms with van der Waals surface area (Å²) in [5.41, 5.74) is 6.55. The summed E-state index contributed by atoms with van der Waals surface area (Å²) in [6, 6.07) is 7.19. The summed E-state index contributed by atoms with van der Waals surface area (Å²) < 4.78 is 13.3. The average molecular weight is 267 g/mol. The van der Waals surface area contributed by atoms with E-state index in [-0.39, 0.29) is 36.7 Å². The van der Waals surface area contributed by atoms with Gasteiger partial charge in [-0.2, -0.15) is 0 Å². The average Bonchev–Trinajstić information content (AvgIpc) is 2.56. The van der Waals surface area contributed by atoms with E-state index in [1.165, 1.54) is 6.07 Å². The molecule has 1 aliphatic heterocycles. The van der Waals surface area contributed by atoms with Gasteiger partial charge in [-0.3, -0.25) is 4.90 Å². The molecule has 0 bridgehead atoms. The summed E-state index contributed by atoms with van der Waals surface area (Å²) in [7, 11) is 0. The van der Waals surface area contributed by atoms with Crippen molar-refractivity contribution in [3.05, 3.63) is 35.6 Å². The second-order valence-corrected chi connectivity index (χ2v) is 3.88. The normalized spacial score (nSPS) is 20.0. The molecule has 0 aliphatic carbocycles. The van der Waals surface area contributed by atoms with Crippen LogP contribution in [0.1, 0.15) is 12.0 Å². The Hall–Kier alpha value is -0.350. The van der Waals surface area contributed by atoms with Crippen molar-refractivity contribution in [1.82, 2.24) is 4.90 Å². The molecule has 0 aromatic heterocycles. The second kappa shape index (κ2) is 7.07. The summed E-state index contributed by atoms with van der Waals surface area (Å²) in [5, 5.41) is 0. The number of rotatable bonds is 2. The van der Waals surface area contributed by atoms with Crippen molar-refractivity contribution in [2.45, 2.75) is 19.0 Å². The predicted molar refractivity (Wildman–Crippen MR) is 68.8 cm³/mol. The van der Waals surface area contributed by atoms with Crippen molar-refractivity contribution in [3.8, 4) is 0 Å². The maximum atomic E-state index is 13.3. The monoisotopic (exact) mass is 266 g/mol. The molecule has 0 radical (unpaired) electrons. The van der Waals surface area contributed by atoms with Crippen LogP contribution in [0.25, 0.3) is 0 Å². The van der Waals surface area contributed by atoms with E-state index in [0.29, 0.717) is 6.54 Å². The molecule has 1 aliphatic rings. The number of nitrogens with zero attached hydrogens (tertiary/aromatic N) is 1. The van der Waals surface area contributed by atoms with Gasteiger partial charge in [0.15, 0.2) is 0 Å². The molecule has 1 saturated heterocycles. The lowest BCUT2D eigenvalue weighted by molar-refractivity contribution is 0.321. The van der Waals surface area contributed by atoms with E-state index in [4.69, 9.17) is 5.73 Å². The van der Waals surface area contributed by atoms with Gasteiger partial charge in [-0.15, -0.1) is 24.8 Å². The van der Waals surface area contributed by atoms with E-state index >= 15 is 0 Å². The molecule has 1 fully saturated rings. The Labute approximate surface area is 108 Å². The van der Waals surface area contributed by atoms with Crippen molar-refractivity contribution in [3.63, 3.8) is 0 Å². The van der Waals surface area contributed by atoms with Crippen LogP contribution in [-0.2, 0) is 6.54 Å². The molecule has 2 rings (SSSR count). The molecule has 16 heavy (non-hydrogen) atoms. The summed E-state index contributed by atoms with van der Waals surface area (Å²) >= 11 is 0. The third kappa shape index (κ3) is 3.91. The summed E-state index contributed by atoms with van der Waals surface area (Å²) in [5.74, 6) is -0.118. The van der Waals surface area contributed by atoms with Crippen LogP contribution < -0.4 is 5.73 Å². The largest absolute Gasteiger partial charge is 0.326 e. The molecule has 1 heterocycles. The number of hydrogen-bond donors (Lipinski definition) is 1. The first kappa shape index (κ1) is 15.7. The highest BCUT2D eigenvalue weighted by molar-refractivity contribution is 5.85. The van der Waals surface area contributed by atoms with Gasteiger partial charge in [0.25, 0.3) is 0 Å². The molecular formula is C11H17Cl2FN2. The quantitative estimate of drug-likeness (QED) is 0.890. The molecule has 0 amide bonds. The van der Waals surface area contributed by atoms with E-state index in [0.717, 1.165) is 25.1 Å². The van der Waals surface area contributed by atoms with Crippen molar-refractivity contribution in [2.24, 2.45) is 5.73 Å². The van der Waals surface area contributed by atoms with E-state index in [2.05, 4.69) is 4.90 Å². The van der Waals surface area contributed by atoms with Gasteiger partial charge in [0, 0.05) is 31.2 Å². The van der Waals surface area contributed by atoms with Crippen LogP contribution in [0.15, 0.2) is 24.3 Å². The third-order valence-corrected chi connectivity index (χ3v) is 2.66. The van der Waals surface area contributed by atoms with Crippen LogP contribution >= 0.6 is 24.8 Å². The van der Waals surface area contributed by atoms with Gasteiger partial charge in [0.05, 0.1) is 0 Å². The van der Waals surface area contributed by atoms with Crippen LogP contribution in [0.2, 0.25) is 0 Å². The van der Waals surface area contributed by atoms with Gasteiger partial charge in [0.2, 0.25) is 0 Å². The Morgan fingerprint density at radius 3 is 2.56 bits per heavy atom. The molecule has 2 N–H and O–H groups in total. The number of hydrogen-bond acceptors (Lipinski definition) is 2. The van der Waals surface area contributed by atoms with Crippen molar-refractivity contribution >= 4 is 24.8 Å². The molecule has 5 heteroatoms. The van der Waals surface area contributed by atoms with Crippen LogP contribution in [0.3, 0.4) is 0 Å². The molecule has 92 valence electrons. The number of nitrogens with two attached hydrogens (primary N) is 1. The van der Waals surface area contributed by atoms with Gasteiger partial charge in [-0.1, -0.05) is 18.2 Å². The van der Waals surface area contributed by atoms with E-state index in [9.17, 15) is 4.39 Å². The SMILES string of the molecule is Cl.Cl.NC1CCN(Cc2ccccc2F)C1. The molecular weight excluding hydrogens is 250 g/mol. The lowest BCUT2D eigenvalue weighted by atomic mass is 10.2. The minimum Gasteiger partial charge on any atom is -0.326 e. The molecule has 1 atom stereocenters. The molecule has 2 nitrogen and oxygen atoms in total. The maximum absolute atomic E-state index is 13.3. The molecule has 1 aromatic rings. The minimum atomic E-state index is -0.118. The maximum Gasteiger partial charge on any atom is 0.127 e. The highest BCUT2D eigenvalue weighted by atomic mass is 35.5. The lowest BCUT2D eigenvalue weighted by Crippen LogP contribution is -2.26. The second-order valence-electron chi connectivity index (χ2n) is 3.88. The Balaban J connectivity index is 0.00000112. The molecule has 0 spiro atoms. The standard InChI is InChI=1S/C11H15FN2.2ClH/c12-11-4-2-1-3-9(11)7-14-6-5-10(13)8-14;;/h1-4,10H,5-8,13H2;2*1H. The van der Waals surface area contributed by atoms with Gasteiger partial charge in [-0.25, -0.2) is 4.39 Å². The van der Waals surface area contributed by atoms with Crippen molar-refractivity contribution in [1.29, 1.82) is 0 Å². The van der Waals surface area contributed by atoms with Crippen LogP contribution in [0.4, 0.5) is 4.39 Å². The van der Waals surface area contributed by atoms with Crippen LogP contribution in [-0.4, -0.2) is 24.0 Å². The van der Waals surface area contributed by atoms with E-state index in [1.807, 2.05) is 12.1 Å². The highest BCUT2D eigenvalue weighted by Crippen LogP contribution is 2.14. The van der Waals surface area contributed by atoms with Crippen LogP contribution in [0, 0.1) is 5.82 Å². The molecule has 1 unspecified atom stereocenters. The Kier molecular flexibility index (Phi) is 6.91. The first-order valence-electron chi connectivity index (χ1n) is 4.97. The Morgan fingerprint density at radius 1 is 1.31 bits per heavy atom. The summed E-state index contributed by atoms with van der Waals surface area (Å²) in [4.78, 5) is 2.20. The van der Waals surface area contributed by atoms with Gasteiger partial charge in [0.1, 0.15) is 5.82 Å². The van der Waals surface area contributed by atoms with Crippen molar-refractivity contribution in [2.75, 3.05) is 13.1 Å². The zero-order valence-corrected chi connectivity index (χ0v) is 10.6. The van der Waals surface area contributed by atoms with Gasteiger partial charge < -0.3 is 5.73 Å². The predicted octanol–water partition coefficient (Wildman–Crippen LogP) is 2.20. The number of halogens is 3. The molecule has 0 saturated carbocycles. The Morgan fingerprint density at radius 2 is 2.00 bits per heavy atom. The highest BCUT2D eigenvalue weighted by Gasteiger charge is 2.19. The fourth-order valence-corrected chi connectivity index (χ4v) is 1.87. The van der Waals surface area contributed by atoms with Crippen LogP contribution in [0.5, 0.6) is 0 Å². The minimum absolute atomic E-state index is 0. The van der Waals surface area contributed by atoms with Gasteiger partial charge in [-0.05, 0) is 12.5 Å². The first-order valence-corrected chi connectivity index (χ1v) is 4.97.